The molecule has 0 atom stereocenters. The highest BCUT2D eigenvalue weighted by atomic mass is 16.4. The van der Waals surface area contributed by atoms with Gasteiger partial charge in [0.1, 0.15) is 5.57 Å². The molecular weight excluding hydrogens is 422 g/mol. The number of nitrogens with two attached hydrogens (primary N) is 1. The van der Waals surface area contributed by atoms with E-state index in [1.165, 1.54) is 37.3 Å². The summed E-state index contributed by atoms with van der Waals surface area (Å²) >= 11 is 0. The Morgan fingerprint density at radius 1 is 1.03 bits per heavy atom. The Hall–Kier alpha value is -4.46. The molecule has 168 valence electrons. The van der Waals surface area contributed by atoms with Gasteiger partial charge in [0.15, 0.2) is 0 Å². The number of aromatic carboxylic acids is 1. The van der Waals surface area contributed by atoms with Crippen LogP contribution in [0.5, 0.6) is 0 Å². The zero-order valence-electron chi connectivity index (χ0n) is 18.4. The largest absolute Gasteiger partial charge is 0.478 e. The van der Waals surface area contributed by atoms with E-state index in [0.29, 0.717) is 0 Å². The Morgan fingerprint density at radius 3 is 2.27 bits per heavy atom. The van der Waals surface area contributed by atoms with Gasteiger partial charge in [-0.05, 0) is 54.5 Å². The van der Waals surface area contributed by atoms with Gasteiger partial charge >= 0.3 is 5.97 Å². The number of allylic oxidation sites excluding steroid dienone is 2. The van der Waals surface area contributed by atoms with Crippen molar-refractivity contribution in [3.8, 4) is 0 Å². The van der Waals surface area contributed by atoms with Gasteiger partial charge in [0.25, 0.3) is 17.7 Å². The first-order valence-corrected chi connectivity index (χ1v) is 10.0. The fourth-order valence-corrected chi connectivity index (χ4v) is 3.42. The van der Waals surface area contributed by atoms with E-state index in [1.54, 1.807) is 12.2 Å². The van der Waals surface area contributed by atoms with E-state index in [4.69, 9.17) is 5.73 Å². The van der Waals surface area contributed by atoms with Crippen LogP contribution in [0.4, 0.5) is 11.4 Å². The van der Waals surface area contributed by atoms with Gasteiger partial charge < -0.3 is 15.7 Å². The number of amides is 3. The van der Waals surface area contributed by atoms with E-state index in [-0.39, 0.29) is 28.0 Å². The predicted molar refractivity (Wildman–Crippen MR) is 126 cm³/mol. The highest BCUT2D eigenvalue weighted by molar-refractivity contribution is 6.37. The molecular formula is C25H23N3O5. The first kappa shape index (κ1) is 23.2. The maximum Gasteiger partial charge on any atom is 0.335 e. The summed E-state index contributed by atoms with van der Waals surface area (Å²) in [5.41, 5.74) is 7.22. The maximum absolute atomic E-state index is 13.2. The number of anilines is 2. The number of carbonyl (C=O) groups is 4. The summed E-state index contributed by atoms with van der Waals surface area (Å²) in [6.45, 7) is 1.48. The van der Waals surface area contributed by atoms with E-state index in [2.05, 4.69) is 0 Å². The molecule has 1 aliphatic rings. The fraction of sp³-hybridized carbons (Fsp3) is 0.120. The first-order chi connectivity index (χ1) is 15.6. The Bertz CT molecular complexity index is 1240. The van der Waals surface area contributed by atoms with Crippen molar-refractivity contribution >= 4 is 41.1 Å². The summed E-state index contributed by atoms with van der Waals surface area (Å²) in [5, 5.41) is 9.25. The molecule has 0 radical (unpaired) electrons. The molecule has 2 aromatic carbocycles. The number of rotatable bonds is 6. The quantitative estimate of drug-likeness (QED) is 0.401. The second kappa shape index (κ2) is 9.35. The number of imide groups is 1. The van der Waals surface area contributed by atoms with Crippen molar-refractivity contribution in [2.24, 2.45) is 5.73 Å². The van der Waals surface area contributed by atoms with Crippen LogP contribution in [0.1, 0.15) is 22.8 Å². The molecule has 1 heterocycles. The number of hydrogen-bond acceptors (Lipinski definition) is 5. The first-order valence-electron chi connectivity index (χ1n) is 10.0. The van der Waals surface area contributed by atoms with Crippen molar-refractivity contribution in [1.29, 1.82) is 0 Å². The second-order valence-electron chi connectivity index (χ2n) is 7.59. The smallest absolute Gasteiger partial charge is 0.335 e. The van der Waals surface area contributed by atoms with E-state index >= 15 is 0 Å². The molecule has 0 aliphatic carbocycles. The lowest BCUT2D eigenvalue weighted by atomic mass is 9.93. The molecule has 0 saturated carbocycles. The number of primary amides is 1. The molecule has 3 rings (SSSR count). The van der Waals surface area contributed by atoms with Crippen molar-refractivity contribution in [3.63, 3.8) is 0 Å². The van der Waals surface area contributed by atoms with Crippen molar-refractivity contribution in [1.82, 2.24) is 0 Å². The lowest BCUT2D eigenvalue weighted by molar-refractivity contribution is -0.125. The van der Waals surface area contributed by atoms with Crippen LogP contribution >= 0.6 is 0 Å². The van der Waals surface area contributed by atoms with E-state index in [1.807, 2.05) is 43.3 Å². The minimum absolute atomic E-state index is 0.0327. The number of hydrogen-bond donors (Lipinski definition) is 2. The predicted octanol–water partition coefficient (Wildman–Crippen LogP) is 2.77. The van der Waals surface area contributed by atoms with E-state index < -0.39 is 23.7 Å². The normalized spacial score (nSPS) is 15.5. The Balaban J connectivity index is 2.03. The number of carboxylic acid groups (broad SMARTS) is 1. The molecule has 0 spiro atoms. The van der Waals surface area contributed by atoms with Gasteiger partial charge in [-0.2, -0.15) is 0 Å². The van der Waals surface area contributed by atoms with Gasteiger partial charge in [-0.3, -0.25) is 14.4 Å². The highest BCUT2D eigenvalue weighted by Crippen LogP contribution is 2.30. The molecule has 3 amide bonds. The number of nitrogens with zero attached hydrogens (tertiary/aromatic N) is 2. The minimum atomic E-state index is -1.21. The van der Waals surface area contributed by atoms with Crippen LogP contribution in [0.2, 0.25) is 0 Å². The Morgan fingerprint density at radius 2 is 1.70 bits per heavy atom. The van der Waals surface area contributed by atoms with Crippen molar-refractivity contribution in [2.45, 2.75) is 6.92 Å². The molecule has 1 aliphatic heterocycles. The Labute approximate surface area is 190 Å². The average Bonchev–Trinajstić information content (AvgIpc) is 2.76. The highest BCUT2D eigenvalue weighted by Gasteiger charge is 2.38. The molecule has 0 fully saturated rings. The molecule has 8 nitrogen and oxygen atoms in total. The summed E-state index contributed by atoms with van der Waals surface area (Å²) in [4.78, 5) is 52.3. The lowest BCUT2D eigenvalue weighted by Gasteiger charge is -2.28. The van der Waals surface area contributed by atoms with Crippen LogP contribution in [0, 0.1) is 0 Å². The summed E-state index contributed by atoms with van der Waals surface area (Å²) in [5.74, 6) is -3.77. The van der Waals surface area contributed by atoms with E-state index in [0.717, 1.165) is 16.2 Å². The van der Waals surface area contributed by atoms with Crippen LogP contribution in [0.15, 0.2) is 77.4 Å². The Kier molecular flexibility index (Phi) is 6.58. The summed E-state index contributed by atoms with van der Waals surface area (Å²) in [6, 6.07) is 13.1. The van der Waals surface area contributed by atoms with Crippen LogP contribution < -0.4 is 15.5 Å². The zero-order valence-corrected chi connectivity index (χ0v) is 18.4. The van der Waals surface area contributed by atoms with Gasteiger partial charge in [0.2, 0.25) is 0 Å². The summed E-state index contributed by atoms with van der Waals surface area (Å²) in [7, 11) is 3.88. The molecule has 2 aromatic rings. The maximum atomic E-state index is 13.2. The molecule has 33 heavy (non-hydrogen) atoms. The molecule has 3 N–H and O–H groups in total. The topological polar surface area (TPSA) is 121 Å². The van der Waals surface area contributed by atoms with Crippen LogP contribution in [0.3, 0.4) is 0 Å². The monoisotopic (exact) mass is 445 g/mol. The van der Waals surface area contributed by atoms with Crippen molar-refractivity contribution in [2.75, 3.05) is 23.9 Å². The van der Waals surface area contributed by atoms with Gasteiger partial charge in [-0.15, -0.1) is 0 Å². The SMILES string of the molecule is CC1=C(C(N)=O)C(=O)N(c2cccc(C(=O)O)c2)C(=O)/C1=C\C=Cc1ccc(N(C)C)cc1. The van der Waals surface area contributed by atoms with Gasteiger partial charge in [-0.1, -0.05) is 30.4 Å². The van der Waals surface area contributed by atoms with Gasteiger partial charge in [-0.25, -0.2) is 9.69 Å². The number of benzene rings is 2. The van der Waals surface area contributed by atoms with Gasteiger partial charge in [0, 0.05) is 25.4 Å². The molecule has 8 heteroatoms. The van der Waals surface area contributed by atoms with Crippen molar-refractivity contribution < 1.29 is 24.3 Å². The third-order valence-electron chi connectivity index (χ3n) is 5.19. The van der Waals surface area contributed by atoms with Crippen molar-refractivity contribution in [3.05, 3.63) is 88.5 Å². The second-order valence-corrected chi connectivity index (χ2v) is 7.59. The lowest BCUT2D eigenvalue weighted by Crippen LogP contribution is -2.46. The summed E-state index contributed by atoms with van der Waals surface area (Å²) in [6.07, 6.45) is 4.92. The molecule has 0 bridgehead atoms. The number of carbonyl (C=O) groups excluding carboxylic acids is 3. The average molecular weight is 445 g/mol. The summed E-state index contributed by atoms with van der Waals surface area (Å²) < 4.78 is 0. The number of carboxylic acids is 1. The molecule has 0 aromatic heterocycles. The van der Waals surface area contributed by atoms with Gasteiger partial charge in [0.05, 0.1) is 11.3 Å². The molecule has 0 saturated heterocycles. The van der Waals surface area contributed by atoms with E-state index in [9.17, 15) is 24.3 Å². The van der Waals surface area contributed by atoms with Crippen LogP contribution in [0.25, 0.3) is 6.08 Å². The zero-order chi connectivity index (χ0) is 24.3. The third kappa shape index (κ3) is 4.74. The minimum Gasteiger partial charge on any atom is -0.478 e. The van der Waals surface area contributed by atoms with Crippen LogP contribution in [-0.4, -0.2) is 42.9 Å². The van der Waals surface area contributed by atoms with Crippen LogP contribution in [-0.2, 0) is 14.4 Å². The fourth-order valence-electron chi connectivity index (χ4n) is 3.42. The third-order valence-corrected chi connectivity index (χ3v) is 5.19. The standard InChI is InChI=1S/C25H23N3O5/c1-15-20(9-4-6-16-10-12-18(13-11-16)27(2)3)23(30)28(24(31)21(15)22(26)29)19-8-5-7-17(14-19)25(32)33/h4-14H,1-3H3,(H2,26,29)(H,32,33)/b6-4?,20-9-. The molecule has 0 unspecified atom stereocenters.